The van der Waals surface area contributed by atoms with E-state index in [1.165, 1.54) is 0 Å². The molecule has 11 heavy (non-hydrogen) atoms. The molecular formula is C9H12N2. The zero-order chi connectivity index (χ0) is 8.10. The summed E-state index contributed by atoms with van der Waals surface area (Å²) in [6.45, 7) is 0. The van der Waals surface area contributed by atoms with E-state index >= 15 is 0 Å². The molecule has 0 aliphatic carbocycles. The van der Waals surface area contributed by atoms with E-state index in [1.54, 1.807) is 13.3 Å². The van der Waals surface area contributed by atoms with Gasteiger partial charge in [-0.1, -0.05) is 30.3 Å². The second-order valence-corrected chi connectivity index (χ2v) is 2.34. The number of benzene rings is 1. The highest BCUT2D eigenvalue weighted by atomic mass is 14.7. The Balaban J connectivity index is 2.76. The van der Waals surface area contributed by atoms with Crippen molar-refractivity contribution >= 4 is 6.21 Å². The molecule has 1 aromatic rings. The van der Waals surface area contributed by atoms with Crippen LogP contribution in [0.3, 0.4) is 0 Å². The van der Waals surface area contributed by atoms with E-state index in [-0.39, 0.29) is 6.04 Å². The fourth-order valence-electron chi connectivity index (χ4n) is 0.922. The van der Waals surface area contributed by atoms with Gasteiger partial charge in [-0.3, -0.25) is 4.99 Å². The summed E-state index contributed by atoms with van der Waals surface area (Å²) in [6, 6.07) is 9.83. The topological polar surface area (TPSA) is 38.4 Å². The molecule has 1 rings (SSSR count). The van der Waals surface area contributed by atoms with Crippen LogP contribution in [0.2, 0.25) is 0 Å². The van der Waals surface area contributed by atoms with Crippen molar-refractivity contribution in [1.29, 1.82) is 0 Å². The summed E-state index contributed by atoms with van der Waals surface area (Å²) < 4.78 is 0. The molecule has 0 aromatic heterocycles. The van der Waals surface area contributed by atoms with Gasteiger partial charge in [0.1, 0.15) is 0 Å². The maximum Gasteiger partial charge on any atom is 0.0651 e. The molecule has 0 aliphatic rings. The van der Waals surface area contributed by atoms with Gasteiger partial charge in [-0.15, -0.1) is 0 Å². The molecule has 58 valence electrons. The molecule has 0 heterocycles. The predicted octanol–water partition coefficient (Wildman–Crippen LogP) is 1.39. The van der Waals surface area contributed by atoms with Gasteiger partial charge in [0.15, 0.2) is 0 Å². The lowest BCUT2D eigenvalue weighted by molar-refractivity contribution is 0.979. The lowest BCUT2D eigenvalue weighted by atomic mass is 10.1. The zero-order valence-electron chi connectivity index (χ0n) is 6.57. The van der Waals surface area contributed by atoms with Crippen LogP contribution < -0.4 is 5.73 Å². The number of hydrogen-bond acceptors (Lipinski definition) is 2. The minimum absolute atomic E-state index is 0.0683. The summed E-state index contributed by atoms with van der Waals surface area (Å²) >= 11 is 0. The van der Waals surface area contributed by atoms with Crippen molar-refractivity contribution in [2.75, 3.05) is 7.05 Å². The summed E-state index contributed by atoms with van der Waals surface area (Å²) in [5.74, 6) is 0. The minimum atomic E-state index is -0.0683. The van der Waals surface area contributed by atoms with Gasteiger partial charge >= 0.3 is 0 Å². The minimum Gasteiger partial charge on any atom is -0.320 e. The van der Waals surface area contributed by atoms with E-state index in [2.05, 4.69) is 4.99 Å². The zero-order valence-corrected chi connectivity index (χ0v) is 6.57. The average Bonchev–Trinajstić information content (AvgIpc) is 2.07. The van der Waals surface area contributed by atoms with Crippen LogP contribution in [0.4, 0.5) is 0 Å². The third kappa shape index (κ3) is 2.16. The van der Waals surface area contributed by atoms with Gasteiger partial charge in [0.25, 0.3) is 0 Å². The van der Waals surface area contributed by atoms with Crippen LogP contribution in [-0.4, -0.2) is 13.3 Å². The first kappa shape index (κ1) is 7.95. The predicted molar refractivity (Wildman–Crippen MR) is 47.8 cm³/mol. The van der Waals surface area contributed by atoms with Crippen molar-refractivity contribution in [2.45, 2.75) is 6.04 Å². The second kappa shape index (κ2) is 3.88. The van der Waals surface area contributed by atoms with Gasteiger partial charge < -0.3 is 5.73 Å². The van der Waals surface area contributed by atoms with Crippen LogP contribution in [-0.2, 0) is 0 Å². The third-order valence-electron chi connectivity index (χ3n) is 1.49. The first-order valence-electron chi connectivity index (χ1n) is 3.57. The van der Waals surface area contributed by atoms with E-state index in [0.29, 0.717) is 0 Å². The second-order valence-electron chi connectivity index (χ2n) is 2.34. The molecule has 0 radical (unpaired) electrons. The smallest absolute Gasteiger partial charge is 0.0651 e. The molecule has 0 amide bonds. The van der Waals surface area contributed by atoms with E-state index in [0.717, 1.165) is 5.56 Å². The molecule has 1 atom stereocenters. The molecule has 2 nitrogen and oxygen atoms in total. The summed E-state index contributed by atoms with van der Waals surface area (Å²) in [7, 11) is 1.72. The normalized spacial score (nSPS) is 13.6. The number of nitrogens with zero attached hydrogens (tertiary/aromatic N) is 1. The molecule has 2 N–H and O–H groups in total. The monoisotopic (exact) mass is 148 g/mol. The van der Waals surface area contributed by atoms with E-state index in [9.17, 15) is 0 Å². The van der Waals surface area contributed by atoms with Crippen LogP contribution in [0.1, 0.15) is 11.6 Å². The Kier molecular flexibility index (Phi) is 2.81. The quantitative estimate of drug-likeness (QED) is 0.632. The van der Waals surface area contributed by atoms with Crippen LogP contribution in [0.15, 0.2) is 35.3 Å². The fourth-order valence-corrected chi connectivity index (χ4v) is 0.922. The van der Waals surface area contributed by atoms with Crippen LogP contribution in [0.25, 0.3) is 0 Å². The van der Waals surface area contributed by atoms with Crippen LogP contribution in [0, 0.1) is 0 Å². The average molecular weight is 148 g/mol. The Labute approximate surface area is 66.8 Å². The summed E-state index contributed by atoms with van der Waals surface area (Å²) in [5.41, 5.74) is 6.85. The van der Waals surface area contributed by atoms with Gasteiger partial charge in [0.05, 0.1) is 6.04 Å². The van der Waals surface area contributed by atoms with E-state index in [4.69, 9.17) is 5.73 Å². The molecule has 1 aromatic carbocycles. The first-order chi connectivity index (χ1) is 5.34. The third-order valence-corrected chi connectivity index (χ3v) is 1.49. The van der Waals surface area contributed by atoms with Gasteiger partial charge in [-0.2, -0.15) is 0 Å². The fraction of sp³-hybridized carbons (Fsp3) is 0.222. The highest BCUT2D eigenvalue weighted by molar-refractivity contribution is 5.66. The number of rotatable bonds is 2. The Morgan fingerprint density at radius 1 is 1.36 bits per heavy atom. The van der Waals surface area contributed by atoms with Crippen molar-refractivity contribution in [2.24, 2.45) is 10.7 Å². The van der Waals surface area contributed by atoms with Gasteiger partial charge in [0.2, 0.25) is 0 Å². The van der Waals surface area contributed by atoms with Gasteiger partial charge in [0, 0.05) is 13.3 Å². The van der Waals surface area contributed by atoms with Crippen LogP contribution >= 0.6 is 0 Å². The maximum absolute atomic E-state index is 5.76. The molecule has 0 fully saturated rings. The summed E-state index contributed by atoms with van der Waals surface area (Å²) in [6.07, 6.45) is 1.73. The molecule has 0 spiro atoms. The van der Waals surface area contributed by atoms with Gasteiger partial charge in [-0.25, -0.2) is 0 Å². The Bertz CT molecular complexity index is 229. The molecule has 0 bridgehead atoms. The van der Waals surface area contributed by atoms with Crippen LogP contribution in [0.5, 0.6) is 0 Å². The molecule has 2 heteroatoms. The largest absolute Gasteiger partial charge is 0.320 e. The standard InChI is InChI=1S/C9H12N2/c1-11-7-9(10)8-5-3-2-4-6-8/h2-7,9H,10H2,1H3/b11-7-. The lowest BCUT2D eigenvalue weighted by Crippen LogP contribution is -2.10. The molecular weight excluding hydrogens is 136 g/mol. The molecule has 0 saturated carbocycles. The summed E-state index contributed by atoms with van der Waals surface area (Å²) in [5, 5.41) is 0. The molecule has 0 saturated heterocycles. The molecule has 0 aliphatic heterocycles. The van der Waals surface area contributed by atoms with Crippen molar-refractivity contribution in [3.8, 4) is 0 Å². The highest BCUT2D eigenvalue weighted by Gasteiger charge is 1.98. The number of nitrogens with two attached hydrogens (primary N) is 1. The molecule has 1 unspecified atom stereocenters. The van der Waals surface area contributed by atoms with Crippen molar-refractivity contribution in [1.82, 2.24) is 0 Å². The van der Waals surface area contributed by atoms with E-state index in [1.807, 2.05) is 30.3 Å². The summed E-state index contributed by atoms with van der Waals surface area (Å²) in [4.78, 5) is 3.86. The number of hydrogen-bond donors (Lipinski definition) is 1. The number of aliphatic imine (C=N–C) groups is 1. The SMILES string of the molecule is C/N=C\C(N)c1ccccc1. The Morgan fingerprint density at radius 2 is 2.00 bits per heavy atom. The highest BCUT2D eigenvalue weighted by Crippen LogP contribution is 2.05. The van der Waals surface area contributed by atoms with Crippen molar-refractivity contribution < 1.29 is 0 Å². The first-order valence-corrected chi connectivity index (χ1v) is 3.57. The Hall–Kier alpha value is -1.15. The van der Waals surface area contributed by atoms with Gasteiger partial charge in [-0.05, 0) is 5.56 Å². The Morgan fingerprint density at radius 3 is 2.55 bits per heavy atom. The van der Waals surface area contributed by atoms with Crippen molar-refractivity contribution in [3.05, 3.63) is 35.9 Å². The van der Waals surface area contributed by atoms with Crippen molar-refractivity contribution in [3.63, 3.8) is 0 Å². The lowest BCUT2D eigenvalue weighted by Gasteiger charge is -2.03. The van der Waals surface area contributed by atoms with E-state index < -0.39 is 0 Å². The maximum atomic E-state index is 5.76.